The summed E-state index contributed by atoms with van der Waals surface area (Å²) in [5, 5.41) is 2.88. The van der Waals surface area contributed by atoms with Crippen molar-refractivity contribution < 1.29 is 18.4 Å². The van der Waals surface area contributed by atoms with Crippen molar-refractivity contribution in [2.45, 2.75) is 45.2 Å². The van der Waals surface area contributed by atoms with Crippen molar-refractivity contribution in [2.24, 2.45) is 11.8 Å². The van der Waals surface area contributed by atoms with E-state index in [4.69, 9.17) is 0 Å². The van der Waals surface area contributed by atoms with E-state index in [9.17, 15) is 18.4 Å². The number of nitrogens with one attached hydrogen (secondary N) is 1. The molecule has 2 fully saturated rings. The van der Waals surface area contributed by atoms with Crippen molar-refractivity contribution in [3.63, 3.8) is 0 Å². The van der Waals surface area contributed by atoms with E-state index in [-0.39, 0.29) is 47.9 Å². The summed E-state index contributed by atoms with van der Waals surface area (Å²) >= 11 is 0. The van der Waals surface area contributed by atoms with Crippen molar-refractivity contribution in [3.05, 3.63) is 70.8 Å². The molecule has 1 N–H and O–H groups in total. The van der Waals surface area contributed by atoms with E-state index in [0.717, 1.165) is 18.4 Å². The molecule has 0 aromatic heterocycles. The van der Waals surface area contributed by atoms with Crippen LogP contribution in [0.15, 0.2) is 42.5 Å². The monoisotopic (exact) mass is 412 g/mol. The van der Waals surface area contributed by atoms with E-state index < -0.39 is 0 Å². The van der Waals surface area contributed by atoms with Gasteiger partial charge in [-0.15, -0.1) is 0 Å². The van der Waals surface area contributed by atoms with Crippen LogP contribution in [0.25, 0.3) is 0 Å². The zero-order chi connectivity index (χ0) is 21.3. The van der Waals surface area contributed by atoms with Gasteiger partial charge in [-0.05, 0) is 67.5 Å². The van der Waals surface area contributed by atoms with Crippen LogP contribution in [0.5, 0.6) is 0 Å². The van der Waals surface area contributed by atoms with Gasteiger partial charge in [0.2, 0.25) is 11.8 Å². The number of amides is 2. The van der Waals surface area contributed by atoms with Crippen LogP contribution in [-0.2, 0) is 16.1 Å². The second-order valence-electron chi connectivity index (χ2n) is 8.41. The van der Waals surface area contributed by atoms with Gasteiger partial charge in [0.15, 0.2) is 0 Å². The molecule has 1 heterocycles. The number of likely N-dealkylation sites (tertiary alicyclic amines) is 1. The van der Waals surface area contributed by atoms with Crippen LogP contribution in [0.2, 0.25) is 0 Å². The first-order valence-electron chi connectivity index (χ1n) is 10.5. The Hall–Kier alpha value is -2.76. The third-order valence-electron chi connectivity index (χ3n) is 6.08. The van der Waals surface area contributed by atoms with Gasteiger partial charge >= 0.3 is 0 Å². The fourth-order valence-corrected chi connectivity index (χ4v) is 4.20. The number of nitrogens with zero attached hydrogens (tertiary/aromatic N) is 1. The number of benzene rings is 2. The highest BCUT2D eigenvalue weighted by Crippen LogP contribution is 2.39. The summed E-state index contributed by atoms with van der Waals surface area (Å²) in [6.45, 7) is 2.33. The number of carbonyl (C=O) groups is 2. The van der Waals surface area contributed by atoms with Crippen LogP contribution in [0, 0.1) is 30.4 Å². The number of hydrogen-bond acceptors (Lipinski definition) is 2. The van der Waals surface area contributed by atoms with Crippen molar-refractivity contribution in [1.82, 2.24) is 10.2 Å². The first kappa shape index (κ1) is 20.5. The maximum atomic E-state index is 13.7. The molecule has 0 spiro atoms. The molecule has 4 rings (SSSR count). The molecule has 158 valence electrons. The normalized spacial score (nSPS) is 21.4. The maximum Gasteiger partial charge on any atom is 0.226 e. The van der Waals surface area contributed by atoms with Crippen LogP contribution < -0.4 is 5.32 Å². The van der Waals surface area contributed by atoms with E-state index >= 15 is 0 Å². The molecule has 4 nitrogen and oxygen atoms in total. The van der Waals surface area contributed by atoms with Gasteiger partial charge in [-0.3, -0.25) is 9.59 Å². The third kappa shape index (κ3) is 4.53. The highest BCUT2D eigenvalue weighted by atomic mass is 19.1. The molecule has 1 saturated carbocycles. The standard InChI is InChI=1S/C24H26F2N2O2/c1-15-11-18(7-9-21(15)26)22-10-8-19(14-28(22)24(30)17-5-6-17)23(29)27-13-16-3-2-4-20(25)12-16/h2-4,7,9,11-12,17,19,22H,5-6,8,10,13-14H2,1H3,(H,27,29)/t19-,22+/m1/s1. The number of hydrogen-bond donors (Lipinski definition) is 1. The Morgan fingerprint density at radius 1 is 1.03 bits per heavy atom. The highest BCUT2D eigenvalue weighted by molar-refractivity contribution is 5.84. The van der Waals surface area contributed by atoms with Crippen LogP contribution in [-0.4, -0.2) is 23.3 Å². The lowest BCUT2D eigenvalue weighted by Crippen LogP contribution is -2.47. The van der Waals surface area contributed by atoms with E-state index in [1.54, 1.807) is 31.2 Å². The Morgan fingerprint density at radius 2 is 1.80 bits per heavy atom. The molecule has 2 aromatic carbocycles. The summed E-state index contributed by atoms with van der Waals surface area (Å²) in [6, 6.07) is 11.0. The number of halogens is 2. The third-order valence-corrected chi connectivity index (χ3v) is 6.08. The largest absolute Gasteiger partial charge is 0.352 e. The lowest BCUT2D eigenvalue weighted by molar-refractivity contribution is -0.140. The van der Waals surface area contributed by atoms with E-state index in [0.29, 0.717) is 30.5 Å². The predicted octanol–water partition coefficient (Wildman–Crippen LogP) is 4.28. The van der Waals surface area contributed by atoms with Crippen molar-refractivity contribution in [1.29, 1.82) is 0 Å². The van der Waals surface area contributed by atoms with E-state index in [1.165, 1.54) is 18.2 Å². The van der Waals surface area contributed by atoms with Crippen LogP contribution >= 0.6 is 0 Å². The second-order valence-corrected chi connectivity index (χ2v) is 8.41. The van der Waals surface area contributed by atoms with Crippen molar-refractivity contribution >= 4 is 11.8 Å². The molecular formula is C24H26F2N2O2. The maximum absolute atomic E-state index is 13.7. The number of rotatable bonds is 5. The minimum absolute atomic E-state index is 0.0446. The second kappa shape index (κ2) is 8.54. The molecule has 1 saturated heterocycles. The average Bonchev–Trinajstić information content (AvgIpc) is 3.58. The lowest BCUT2D eigenvalue weighted by Gasteiger charge is -2.40. The summed E-state index contributed by atoms with van der Waals surface area (Å²) in [4.78, 5) is 27.5. The minimum Gasteiger partial charge on any atom is -0.352 e. The van der Waals surface area contributed by atoms with Gasteiger partial charge in [0.05, 0.1) is 12.0 Å². The molecule has 1 aliphatic carbocycles. The number of aryl methyl sites for hydroxylation is 1. The molecule has 2 aliphatic rings. The van der Waals surface area contributed by atoms with Gasteiger partial charge < -0.3 is 10.2 Å². The number of carbonyl (C=O) groups excluding carboxylic acids is 2. The Kier molecular flexibility index (Phi) is 5.84. The quantitative estimate of drug-likeness (QED) is 0.797. The predicted molar refractivity (Wildman–Crippen MR) is 109 cm³/mol. The number of piperidine rings is 1. The minimum atomic E-state index is -0.335. The summed E-state index contributed by atoms with van der Waals surface area (Å²) in [5.74, 6) is -0.893. The molecule has 0 bridgehead atoms. The smallest absolute Gasteiger partial charge is 0.226 e. The zero-order valence-electron chi connectivity index (χ0n) is 17.0. The first-order chi connectivity index (χ1) is 14.4. The average molecular weight is 412 g/mol. The van der Waals surface area contributed by atoms with Crippen LogP contribution in [0.4, 0.5) is 8.78 Å². The fourth-order valence-electron chi connectivity index (χ4n) is 4.20. The zero-order valence-corrected chi connectivity index (χ0v) is 17.0. The van der Waals surface area contributed by atoms with E-state index in [2.05, 4.69) is 5.32 Å². The van der Waals surface area contributed by atoms with Crippen molar-refractivity contribution in [3.8, 4) is 0 Å². The van der Waals surface area contributed by atoms with E-state index in [1.807, 2.05) is 4.90 Å². The summed E-state index contributed by atoms with van der Waals surface area (Å²) in [7, 11) is 0. The molecule has 0 radical (unpaired) electrons. The summed E-state index contributed by atoms with van der Waals surface area (Å²) in [6.07, 6.45) is 3.08. The molecule has 6 heteroatoms. The topological polar surface area (TPSA) is 49.4 Å². The Labute approximate surface area is 175 Å². The van der Waals surface area contributed by atoms with Gasteiger partial charge in [0.1, 0.15) is 11.6 Å². The first-order valence-corrected chi connectivity index (χ1v) is 10.5. The van der Waals surface area contributed by atoms with Gasteiger partial charge in [0, 0.05) is 19.0 Å². The molecule has 2 atom stereocenters. The lowest BCUT2D eigenvalue weighted by atomic mass is 9.87. The van der Waals surface area contributed by atoms with Gasteiger partial charge in [-0.2, -0.15) is 0 Å². The molecule has 0 unspecified atom stereocenters. The van der Waals surface area contributed by atoms with Gasteiger partial charge in [0.25, 0.3) is 0 Å². The summed E-state index contributed by atoms with van der Waals surface area (Å²) < 4.78 is 27.1. The molecule has 1 aliphatic heterocycles. The Balaban J connectivity index is 1.46. The van der Waals surface area contributed by atoms with Crippen LogP contribution in [0.3, 0.4) is 0 Å². The highest BCUT2D eigenvalue weighted by Gasteiger charge is 2.41. The van der Waals surface area contributed by atoms with Gasteiger partial charge in [-0.1, -0.05) is 24.3 Å². The van der Waals surface area contributed by atoms with Gasteiger partial charge in [-0.25, -0.2) is 8.78 Å². The summed E-state index contributed by atoms with van der Waals surface area (Å²) in [5.41, 5.74) is 2.17. The fraction of sp³-hybridized carbons (Fsp3) is 0.417. The molecule has 30 heavy (non-hydrogen) atoms. The van der Waals surface area contributed by atoms with Crippen LogP contribution in [0.1, 0.15) is 48.4 Å². The molecule has 2 amide bonds. The Bertz CT molecular complexity index is 958. The SMILES string of the molecule is Cc1cc([C@@H]2CC[C@@H](C(=O)NCc3cccc(F)c3)CN2C(=O)C2CC2)ccc1F. The molecular weight excluding hydrogens is 386 g/mol. The molecule has 2 aromatic rings. The Morgan fingerprint density at radius 3 is 2.50 bits per heavy atom. The van der Waals surface area contributed by atoms with Crippen molar-refractivity contribution in [2.75, 3.05) is 6.54 Å².